The largest absolute Gasteiger partial charge is 0.370 e. The molecule has 0 saturated carbocycles. The summed E-state index contributed by atoms with van der Waals surface area (Å²) < 4.78 is 0. The zero-order valence-corrected chi connectivity index (χ0v) is 14.9. The predicted octanol–water partition coefficient (Wildman–Crippen LogP) is 1.49. The fraction of sp³-hybridized carbons (Fsp3) is 0.706. The lowest BCUT2D eigenvalue weighted by atomic mass is 10.1. The highest BCUT2D eigenvalue weighted by Crippen LogP contribution is 2.23. The van der Waals surface area contributed by atoms with Gasteiger partial charge in [-0.3, -0.25) is 14.8 Å². The summed E-state index contributed by atoms with van der Waals surface area (Å²) in [6.45, 7) is 9.50. The van der Waals surface area contributed by atoms with Crippen molar-refractivity contribution in [3.63, 3.8) is 0 Å². The van der Waals surface area contributed by atoms with Gasteiger partial charge in [0.15, 0.2) is 5.96 Å². The van der Waals surface area contributed by atoms with Crippen molar-refractivity contribution in [3.05, 3.63) is 21.9 Å². The normalized spacial score (nSPS) is 23.2. The molecule has 1 aromatic rings. The Balaban J connectivity index is 1.36. The number of aliphatic imine (C=N–C) groups is 1. The van der Waals surface area contributed by atoms with Gasteiger partial charge in [-0.1, -0.05) is 6.92 Å². The molecule has 0 bridgehead atoms. The number of nitrogens with zero attached hydrogens (tertiary/aromatic N) is 3. The quantitative estimate of drug-likeness (QED) is 0.611. The van der Waals surface area contributed by atoms with Crippen molar-refractivity contribution in [1.82, 2.24) is 15.1 Å². The van der Waals surface area contributed by atoms with E-state index in [0.717, 1.165) is 39.3 Å². The molecule has 0 spiro atoms. The van der Waals surface area contributed by atoms with Crippen LogP contribution >= 0.6 is 11.3 Å². The maximum Gasteiger partial charge on any atom is 0.188 e. The molecular weight excluding hydrogens is 306 g/mol. The van der Waals surface area contributed by atoms with Crippen LogP contribution in [0.2, 0.25) is 0 Å². The van der Waals surface area contributed by atoms with Gasteiger partial charge in [0.1, 0.15) is 0 Å². The first-order chi connectivity index (χ1) is 11.3. The van der Waals surface area contributed by atoms with Crippen molar-refractivity contribution in [1.29, 1.82) is 0 Å². The van der Waals surface area contributed by atoms with E-state index >= 15 is 0 Å². The van der Waals surface area contributed by atoms with Crippen LogP contribution in [0.15, 0.2) is 16.4 Å². The van der Waals surface area contributed by atoms with Crippen LogP contribution in [0, 0.1) is 0 Å². The molecule has 3 rings (SSSR count). The predicted molar refractivity (Wildman–Crippen MR) is 98.1 cm³/mol. The molecule has 1 unspecified atom stereocenters. The first kappa shape index (κ1) is 16.7. The summed E-state index contributed by atoms with van der Waals surface area (Å²) in [4.78, 5) is 11.1. The number of guanidine groups is 1. The Kier molecular flexibility index (Phi) is 5.91. The standard InChI is InChI=1S/C17H29N5S/c1-2-22-8-3-4-15(22)12-20-17(18)19-7-10-21-9-5-16-14(13-21)6-11-23-16/h6,11,15H,2-5,7-10,12-13H2,1H3,(H3,18,19,20). The van der Waals surface area contributed by atoms with Gasteiger partial charge in [-0.25, -0.2) is 0 Å². The summed E-state index contributed by atoms with van der Waals surface area (Å²) in [5, 5.41) is 5.48. The Morgan fingerprint density at radius 2 is 2.39 bits per heavy atom. The molecule has 1 fully saturated rings. The molecular formula is C17H29N5S. The van der Waals surface area contributed by atoms with Gasteiger partial charge in [-0.05, 0) is 49.4 Å². The number of hydrogen-bond acceptors (Lipinski definition) is 4. The topological polar surface area (TPSA) is 56.9 Å². The summed E-state index contributed by atoms with van der Waals surface area (Å²) in [5.41, 5.74) is 7.52. The second-order valence-electron chi connectivity index (χ2n) is 6.47. The molecule has 3 heterocycles. The van der Waals surface area contributed by atoms with E-state index in [1.165, 1.54) is 31.4 Å². The molecule has 1 saturated heterocycles. The van der Waals surface area contributed by atoms with Crippen molar-refractivity contribution >= 4 is 17.3 Å². The third kappa shape index (κ3) is 4.46. The molecule has 2 aliphatic rings. The van der Waals surface area contributed by atoms with E-state index in [4.69, 9.17) is 5.73 Å². The molecule has 2 aliphatic heterocycles. The van der Waals surface area contributed by atoms with Crippen LogP contribution in [0.1, 0.15) is 30.2 Å². The SMILES string of the molecule is CCN1CCCC1CN=C(N)NCCN1CCc2sccc2C1. The van der Waals surface area contributed by atoms with E-state index in [1.54, 1.807) is 4.88 Å². The second kappa shape index (κ2) is 8.13. The fourth-order valence-electron chi connectivity index (χ4n) is 3.62. The Morgan fingerprint density at radius 3 is 3.26 bits per heavy atom. The molecule has 1 aromatic heterocycles. The molecule has 0 radical (unpaired) electrons. The van der Waals surface area contributed by atoms with Gasteiger partial charge in [-0.15, -0.1) is 11.3 Å². The van der Waals surface area contributed by atoms with Crippen LogP contribution < -0.4 is 11.1 Å². The van der Waals surface area contributed by atoms with Crippen molar-refractivity contribution in [3.8, 4) is 0 Å². The van der Waals surface area contributed by atoms with Gasteiger partial charge in [0.25, 0.3) is 0 Å². The van der Waals surface area contributed by atoms with Gasteiger partial charge in [0.2, 0.25) is 0 Å². The van der Waals surface area contributed by atoms with Crippen LogP contribution in [0.3, 0.4) is 0 Å². The molecule has 128 valence electrons. The van der Waals surface area contributed by atoms with E-state index < -0.39 is 0 Å². The third-order valence-corrected chi connectivity index (χ3v) is 6.02. The van der Waals surface area contributed by atoms with E-state index in [9.17, 15) is 0 Å². The van der Waals surface area contributed by atoms with Crippen molar-refractivity contribution < 1.29 is 0 Å². The maximum atomic E-state index is 6.02. The highest BCUT2D eigenvalue weighted by atomic mass is 32.1. The maximum absolute atomic E-state index is 6.02. The van der Waals surface area contributed by atoms with Gasteiger partial charge in [0.05, 0.1) is 6.54 Å². The number of nitrogens with two attached hydrogens (primary N) is 1. The monoisotopic (exact) mass is 335 g/mol. The number of thiophene rings is 1. The van der Waals surface area contributed by atoms with E-state index in [2.05, 4.69) is 38.5 Å². The summed E-state index contributed by atoms with van der Waals surface area (Å²) >= 11 is 1.89. The summed E-state index contributed by atoms with van der Waals surface area (Å²) in [7, 11) is 0. The zero-order chi connectivity index (χ0) is 16.1. The molecule has 6 heteroatoms. The summed E-state index contributed by atoms with van der Waals surface area (Å²) in [5.74, 6) is 0.598. The number of likely N-dealkylation sites (N-methyl/N-ethyl adjacent to an activating group) is 1. The number of rotatable bonds is 6. The second-order valence-corrected chi connectivity index (χ2v) is 7.47. The van der Waals surface area contributed by atoms with Crippen molar-refractivity contribution in [2.24, 2.45) is 10.7 Å². The first-order valence-corrected chi connectivity index (χ1v) is 9.69. The Morgan fingerprint density at radius 1 is 1.48 bits per heavy atom. The smallest absolute Gasteiger partial charge is 0.188 e. The van der Waals surface area contributed by atoms with E-state index in [-0.39, 0.29) is 0 Å². The highest BCUT2D eigenvalue weighted by molar-refractivity contribution is 7.10. The highest BCUT2D eigenvalue weighted by Gasteiger charge is 2.22. The number of hydrogen-bond donors (Lipinski definition) is 2. The average molecular weight is 336 g/mol. The first-order valence-electron chi connectivity index (χ1n) is 8.81. The van der Waals surface area contributed by atoms with Crippen LogP contribution in [0.4, 0.5) is 0 Å². The van der Waals surface area contributed by atoms with E-state index in [1.807, 2.05) is 11.3 Å². The summed E-state index contributed by atoms with van der Waals surface area (Å²) in [6, 6.07) is 2.84. The Hall–Kier alpha value is -1.11. The van der Waals surface area contributed by atoms with Gasteiger partial charge in [-0.2, -0.15) is 0 Å². The molecule has 0 aromatic carbocycles. The minimum absolute atomic E-state index is 0.583. The third-order valence-electron chi connectivity index (χ3n) is 5.00. The molecule has 23 heavy (non-hydrogen) atoms. The molecule has 0 aliphatic carbocycles. The minimum atomic E-state index is 0.583. The Bertz CT molecular complexity index is 527. The van der Waals surface area contributed by atoms with Crippen molar-refractivity contribution in [2.45, 2.75) is 38.8 Å². The van der Waals surface area contributed by atoms with E-state index in [0.29, 0.717) is 12.0 Å². The number of likely N-dealkylation sites (tertiary alicyclic amines) is 1. The lowest BCUT2D eigenvalue weighted by Crippen LogP contribution is -2.41. The van der Waals surface area contributed by atoms with Crippen LogP contribution in [0.5, 0.6) is 0 Å². The Labute approximate surface area is 143 Å². The minimum Gasteiger partial charge on any atom is -0.370 e. The van der Waals surface area contributed by atoms with Crippen LogP contribution in [-0.2, 0) is 13.0 Å². The summed E-state index contributed by atoms with van der Waals surface area (Å²) in [6.07, 6.45) is 3.73. The lowest BCUT2D eigenvalue weighted by molar-refractivity contribution is 0.260. The molecule has 3 N–H and O–H groups in total. The lowest BCUT2D eigenvalue weighted by Gasteiger charge is -2.26. The molecule has 1 atom stereocenters. The van der Waals surface area contributed by atoms with Gasteiger partial charge >= 0.3 is 0 Å². The van der Waals surface area contributed by atoms with Crippen molar-refractivity contribution in [2.75, 3.05) is 39.3 Å². The number of nitrogens with one attached hydrogen (secondary N) is 1. The zero-order valence-electron chi connectivity index (χ0n) is 14.1. The van der Waals surface area contributed by atoms with Crippen LogP contribution in [0.25, 0.3) is 0 Å². The van der Waals surface area contributed by atoms with Crippen LogP contribution in [-0.4, -0.2) is 61.1 Å². The molecule has 0 amide bonds. The van der Waals surface area contributed by atoms with Gasteiger partial charge in [0, 0.05) is 37.1 Å². The fourth-order valence-corrected chi connectivity index (χ4v) is 4.51. The average Bonchev–Trinajstić information content (AvgIpc) is 3.21. The number of fused-ring (bicyclic) bond motifs is 1. The van der Waals surface area contributed by atoms with Gasteiger partial charge < -0.3 is 11.1 Å². The molecule has 5 nitrogen and oxygen atoms in total.